The molecule has 1 aromatic carbocycles. The van der Waals surface area contributed by atoms with Crippen LogP contribution in [0.1, 0.15) is 0 Å². The molecule has 4 aromatic heterocycles. The number of hydrogen-bond acceptors (Lipinski definition) is 6. The Morgan fingerprint density at radius 1 is 0.889 bits per heavy atom. The molecule has 7 heteroatoms. The van der Waals surface area contributed by atoms with Crippen LogP contribution < -0.4 is 0 Å². The first-order chi connectivity index (χ1) is 13.3. The van der Waals surface area contributed by atoms with Gasteiger partial charge in [0.2, 0.25) is 0 Å². The molecular weight excluding hydrogens is 374 g/mol. The van der Waals surface area contributed by atoms with Crippen molar-refractivity contribution < 1.29 is 0 Å². The van der Waals surface area contributed by atoms with Crippen molar-refractivity contribution in [3.63, 3.8) is 0 Å². The fourth-order valence-corrected chi connectivity index (χ4v) is 4.29. The Bertz CT molecular complexity index is 1310. The summed E-state index contributed by atoms with van der Waals surface area (Å²) in [5, 5.41) is 3.85. The van der Waals surface area contributed by atoms with Gasteiger partial charge in [-0.25, -0.2) is 19.9 Å². The molecule has 0 aliphatic carbocycles. The second kappa shape index (κ2) is 6.51. The van der Waals surface area contributed by atoms with Gasteiger partial charge in [0.15, 0.2) is 10.3 Å². The van der Waals surface area contributed by atoms with Crippen molar-refractivity contribution in [1.82, 2.24) is 24.3 Å². The zero-order valence-corrected chi connectivity index (χ0v) is 16.4. The Hall–Kier alpha value is -2.64. The first-order valence-corrected chi connectivity index (χ1v) is 10.9. The highest BCUT2D eigenvalue weighted by molar-refractivity contribution is 7.98. The highest BCUT2D eigenvalue weighted by Gasteiger charge is 2.19. The van der Waals surface area contributed by atoms with Gasteiger partial charge in [0.1, 0.15) is 5.65 Å². The summed E-state index contributed by atoms with van der Waals surface area (Å²) in [4.78, 5) is 18.6. The third kappa shape index (κ3) is 2.57. The van der Waals surface area contributed by atoms with Crippen molar-refractivity contribution in [2.75, 3.05) is 12.5 Å². The van der Waals surface area contributed by atoms with Gasteiger partial charge in [0, 0.05) is 28.7 Å². The minimum absolute atomic E-state index is 0.757. The molecule has 0 unspecified atom stereocenters. The lowest BCUT2D eigenvalue weighted by Gasteiger charge is -2.04. The second-order valence-corrected chi connectivity index (χ2v) is 7.55. The van der Waals surface area contributed by atoms with E-state index in [4.69, 9.17) is 9.97 Å². The quantitative estimate of drug-likeness (QED) is 0.322. The fraction of sp³-hybridized carbons (Fsp3) is 0.100. The van der Waals surface area contributed by atoms with Crippen molar-refractivity contribution in [3.8, 4) is 11.3 Å². The molecule has 5 nitrogen and oxygen atoms in total. The molecule has 4 heterocycles. The van der Waals surface area contributed by atoms with Crippen LogP contribution in [-0.4, -0.2) is 36.8 Å². The summed E-state index contributed by atoms with van der Waals surface area (Å²) in [6, 6.07) is 14.4. The SMILES string of the molecule is CSc1nccc(-c2c3cc4ccccc4nc3n3c(SC)nccc23)n1. The summed E-state index contributed by atoms with van der Waals surface area (Å²) >= 11 is 3.15. The Balaban J connectivity index is 1.99. The molecule has 0 saturated carbocycles. The van der Waals surface area contributed by atoms with Gasteiger partial charge in [-0.2, -0.15) is 0 Å². The number of rotatable bonds is 3. The van der Waals surface area contributed by atoms with Gasteiger partial charge in [-0.05, 0) is 36.8 Å². The molecule has 0 spiro atoms. The van der Waals surface area contributed by atoms with Gasteiger partial charge >= 0.3 is 0 Å². The first kappa shape index (κ1) is 16.5. The number of aromatic nitrogens is 5. The highest BCUT2D eigenvalue weighted by Crippen LogP contribution is 2.37. The van der Waals surface area contributed by atoms with Gasteiger partial charge in [0.05, 0.1) is 16.7 Å². The van der Waals surface area contributed by atoms with E-state index in [1.807, 2.05) is 55.2 Å². The second-order valence-electron chi connectivity index (χ2n) is 6.01. The Morgan fingerprint density at radius 3 is 2.59 bits per heavy atom. The molecule has 0 amide bonds. The molecule has 0 saturated heterocycles. The van der Waals surface area contributed by atoms with Gasteiger partial charge in [-0.15, -0.1) is 0 Å². The van der Waals surface area contributed by atoms with Crippen LogP contribution in [0.25, 0.3) is 38.7 Å². The van der Waals surface area contributed by atoms with E-state index in [1.54, 1.807) is 23.5 Å². The standard InChI is InChI=1S/C20H15N5S2/c1-26-19-21-9-7-15(24-19)17-13-11-12-5-3-4-6-14(12)23-18(13)25-16(17)8-10-22-20(25)27-2/h3-11H,1-2H3. The average molecular weight is 390 g/mol. The van der Waals surface area contributed by atoms with Gasteiger partial charge in [-0.1, -0.05) is 41.7 Å². The molecule has 27 heavy (non-hydrogen) atoms. The van der Waals surface area contributed by atoms with Crippen LogP contribution in [0.4, 0.5) is 0 Å². The molecule has 0 aliphatic rings. The maximum absolute atomic E-state index is 4.96. The number of thioether (sulfide) groups is 2. The number of para-hydroxylation sites is 1. The van der Waals surface area contributed by atoms with Crippen LogP contribution in [0, 0.1) is 0 Å². The highest BCUT2D eigenvalue weighted by atomic mass is 32.2. The predicted molar refractivity (Wildman–Crippen MR) is 113 cm³/mol. The summed E-state index contributed by atoms with van der Waals surface area (Å²) < 4.78 is 2.13. The van der Waals surface area contributed by atoms with Gasteiger partial charge in [-0.3, -0.25) is 4.40 Å². The van der Waals surface area contributed by atoms with Crippen molar-refractivity contribution in [3.05, 3.63) is 54.9 Å². The van der Waals surface area contributed by atoms with Gasteiger partial charge < -0.3 is 0 Å². The number of benzene rings is 1. The summed E-state index contributed by atoms with van der Waals surface area (Å²) in [5.41, 5.74) is 4.90. The number of fused-ring (bicyclic) bond motifs is 4. The van der Waals surface area contributed by atoms with E-state index >= 15 is 0 Å². The van der Waals surface area contributed by atoms with E-state index < -0.39 is 0 Å². The molecule has 0 N–H and O–H groups in total. The molecule has 0 radical (unpaired) electrons. The molecular formula is C20H15N5S2. The smallest absolute Gasteiger partial charge is 0.187 e. The third-order valence-electron chi connectivity index (χ3n) is 4.55. The molecule has 5 rings (SSSR count). The monoisotopic (exact) mass is 389 g/mol. The molecule has 0 fully saturated rings. The van der Waals surface area contributed by atoms with Crippen LogP contribution in [0.3, 0.4) is 0 Å². The van der Waals surface area contributed by atoms with E-state index in [2.05, 4.69) is 26.5 Å². The number of pyridine rings is 1. The lowest BCUT2D eigenvalue weighted by atomic mass is 10.1. The van der Waals surface area contributed by atoms with Crippen LogP contribution in [0.15, 0.2) is 65.2 Å². The van der Waals surface area contributed by atoms with Crippen molar-refractivity contribution in [2.45, 2.75) is 10.3 Å². The lowest BCUT2D eigenvalue weighted by molar-refractivity contribution is 0.924. The minimum Gasteiger partial charge on any atom is -0.272 e. The maximum atomic E-state index is 4.96. The summed E-state index contributed by atoms with van der Waals surface area (Å²) in [5.74, 6) is 0. The lowest BCUT2D eigenvalue weighted by Crippen LogP contribution is -1.94. The minimum atomic E-state index is 0.757. The van der Waals surface area contributed by atoms with Gasteiger partial charge in [0.25, 0.3) is 0 Å². The largest absolute Gasteiger partial charge is 0.272 e. The molecule has 5 aromatic rings. The van der Waals surface area contributed by atoms with Crippen molar-refractivity contribution >= 4 is 51.0 Å². The van der Waals surface area contributed by atoms with E-state index in [1.165, 1.54) is 0 Å². The molecule has 132 valence electrons. The Labute approximate surface area is 164 Å². The van der Waals surface area contributed by atoms with Crippen LogP contribution >= 0.6 is 23.5 Å². The Kier molecular flexibility index (Phi) is 3.98. The molecule has 0 atom stereocenters. The normalized spacial score (nSPS) is 11.6. The Morgan fingerprint density at radius 2 is 1.74 bits per heavy atom. The number of hydrogen-bond donors (Lipinski definition) is 0. The van der Waals surface area contributed by atoms with Crippen LogP contribution in [0.2, 0.25) is 0 Å². The van der Waals surface area contributed by atoms with E-state index in [0.717, 1.165) is 49.0 Å². The van der Waals surface area contributed by atoms with E-state index in [9.17, 15) is 0 Å². The fourth-order valence-electron chi connectivity index (χ4n) is 3.40. The predicted octanol–water partition coefficient (Wildman–Crippen LogP) is 4.94. The first-order valence-electron chi connectivity index (χ1n) is 8.40. The zero-order chi connectivity index (χ0) is 18.4. The summed E-state index contributed by atoms with van der Waals surface area (Å²) in [6.45, 7) is 0. The van der Waals surface area contributed by atoms with Crippen molar-refractivity contribution in [1.29, 1.82) is 0 Å². The van der Waals surface area contributed by atoms with Crippen LogP contribution in [0.5, 0.6) is 0 Å². The maximum Gasteiger partial charge on any atom is 0.187 e. The van der Waals surface area contributed by atoms with Crippen LogP contribution in [-0.2, 0) is 0 Å². The van der Waals surface area contributed by atoms with E-state index in [-0.39, 0.29) is 0 Å². The average Bonchev–Trinajstić information content (AvgIpc) is 3.05. The molecule has 0 aliphatic heterocycles. The summed E-state index contributed by atoms with van der Waals surface area (Å²) in [6.07, 6.45) is 7.68. The summed E-state index contributed by atoms with van der Waals surface area (Å²) in [7, 11) is 0. The number of nitrogens with zero attached hydrogens (tertiary/aromatic N) is 5. The topological polar surface area (TPSA) is 56.0 Å². The van der Waals surface area contributed by atoms with Crippen molar-refractivity contribution in [2.24, 2.45) is 0 Å². The van der Waals surface area contributed by atoms with E-state index in [0.29, 0.717) is 0 Å². The molecule has 0 bridgehead atoms. The zero-order valence-electron chi connectivity index (χ0n) is 14.7. The third-order valence-corrected chi connectivity index (χ3v) is 5.76.